The number of rotatable bonds is 5. The van der Waals surface area contributed by atoms with Gasteiger partial charge in [0.1, 0.15) is 11.4 Å². The molecule has 2 N–H and O–H groups in total. The number of hydrogen-bond acceptors (Lipinski definition) is 6. The third-order valence-electron chi connectivity index (χ3n) is 5.12. The fraction of sp³-hybridized carbons (Fsp3) is 0.0870. The van der Waals surface area contributed by atoms with E-state index >= 15 is 0 Å². The molecular weight excluding hydrogens is 426 g/mol. The van der Waals surface area contributed by atoms with Crippen LogP contribution < -0.4 is 9.46 Å². The first kappa shape index (κ1) is 20.0. The molecule has 8 nitrogen and oxygen atoms in total. The van der Waals surface area contributed by atoms with Crippen LogP contribution in [0.5, 0.6) is 5.75 Å². The van der Waals surface area contributed by atoms with Gasteiger partial charge in [0.25, 0.3) is 0 Å². The Labute approximate surface area is 184 Å². The fourth-order valence-corrected chi connectivity index (χ4v) is 4.34. The quantitative estimate of drug-likeness (QED) is 0.419. The zero-order valence-corrected chi connectivity index (χ0v) is 18.1. The first-order valence-corrected chi connectivity index (χ1v) is 11.6. The van der Waals surface area contributed by atoms with Gasteiger partial charge < -0.3 is 9.72 Å². The predicted octanol–water partition coefficient (Wildman–Crippen LogP) is 4.22. The van der Waals surface area contributed by atoms with Gasteiger partial charge in [-0.05, 0) is 35.9 Å². The van der Waals surface area contributed by atoms with Crippen LogP contribution in [0.4, 0.5) is 5.69 Å². The third-order valence-corrected chi connectivity index (χ3v) is 5.73. The second kappa shape index (κ2) is 7.61. The SMILES string of the molecule is COc1cnc2[nH]c3cnc(-c4cccnc4)cc3c2c1-c1ccc(NS(C)(=O)=O)cc1. The van der Waals surface area contributed by atoms with Crippen LogP contribution in [0.1, 0.15) is 0 Å². The maximum absolute atomic E-state index is 11.5. The van der Waals surface area contributed by atoms with E-state index in [0.717, 1.165) is 44.9 Å². The summed E-state index contributed by atoms with van der Waals surface area (Å²) in [7, 11) is -1.75. The number of benzene rings is 1. The molecule has 160 valence electrons. The maximum Gasteiger partial charge on any atom is 0.229 e. The van der Waals surface area contributed by atoms with Crippen LogP contribution >= 0.6 is 0 Å². The number of ether oxygens (including phenoxy) is 1. The Kier molecular flexibility index (Phi) is 4.75. The highest BCUT2D eigenvalue weighted by Gasteiger charge is 2.18. The van der Waals surface area contributed by atoms with Crippen LogP contribution in [0, 0.1) is 0 Å². The molecule has 0 aliphatic carbocycles. The zero-order valence-electron chi connectivity index (χ0n) is 17.3. The Morgan fingerprint density at radius 3 is 2.50 bits per heavy atom. The molecule has 0 saturated carbocycles. The normalized spacial score (nSPS) is 11.7. The molecule has 0 amide bonds. The van der Waals surface area contributed by atoms with Crippen molar-refractivity contribution in [2.45, 2.75) is 0 Å². The predicted molar refractivity (Wildman–Crippen MR) is 125 cm³/mol. The van der Waals surface area contributed by atoms with Gasteiger partial charge in [0.15, 0.2) is 0 Å². The van der Waals surface area contributed by atoms with E-state index in [2.05, 4.69) is 24.7 Å². The monoisotopic (exact) mass is 445 g/mol. The molecule has 0 unspecified atom stereocenters. The minimum absolute atomic E-state index is 0.488. The van der Waals surface area contributed by atoms with Crippen LogP contribution in [-0.4, -0.2) is 41.7 Å². The topological polar surface area (TPSA) is 110 Å². The molecule has 32 heavy (non-hydrogen) atoms. The number of hydrogen-bond donors (Lipinski definition) is 2. The van der Waals surface area contributed by atoms with Gasteiger partial charge >= 0.3 is 0 Å². The second-order valence-electron chi connectivity index (χ2n) is 7.36. The lowest BCUT2D eigenvalue weighted by molar-refractivity contribution is 0.415. The van der Waals surface area contributed by atoms with Crippen molar-refractivity contribution >= 4 is 37.6 Å². The van der Waals surface area contributed by atoms with Crippen molar-refractivity contribution in [2.24, 2.45) is 0 Å². The van der Waals surface area contributed by atoms with Crippen molar-refractivity contribution in [1.29, 1.82) is 0 Å². The molecule has 0 radical (unpaired) electrons. The number of nitrogens with one attached hydrogen (secondary N) is 2. The number of nitrogens with zero attached hydrogens (tertiary/aromatic N) is 3. The van der Waals surface area contributed by atoms with Crippen LogP contribution in [0.15, 0.2) is 67.3 Å². The van der Waals surface area contributed by atoms with Crippen molar-refractivity contribution in [3.63, 3.8) is 0 Å². The van der Waals surface area contributed by atoms with E-state index in [1.165, 1.54) is 0 Å². The summed E-state index contributed by atoms with van der Waals surface area (Å²) in [5, 5.41) is 1.85. The zero-order chi connectivity index (χ0) is 22.3. The molecule has 5 rings (SSSR count). The summed E-state index contributed by atoms with van der Waals surface area (Å²) in [6.45, 7) is 0. The highest BCUT2D eigenvalue weighted by atomic mass is 32.2. The molecule has 5 aromatic rings. The highest BCUT2D eigenvalue weighted by Crippen LogP contribution is 2.40. The van der Waals surface area contributed by atoms with E-state index in [1.54, 1.807) is 44.0 Å². The Bertz CT molecular complexity index is 1550. The van der Waals surface area contributed by atoms with Gasteiger partial charge in [-0.2, -0.15) is 0 Å². The van der Waals surface area contributed by atoms with Crippen molar-refractivity contribution < 1.29 is 13.2 Å². The molecule has 0 spiro atoms. The van der Waals surface area contributed by atoms with Crippen LogP contribution in [-0.2, 0) is 10.0 Å². The summed E-state index contributed by atoms with van der Waals surface area (Å²) in [4.78, 5) is 16.6. The Hall–Kier alpha value is -3.98. The minimum atomic E-state index is -3.35. The van der Waals surface area contributed by atoms with Crippen LogP contribution in [0.25, 0.3) is 44.3 Å². The minimum Gasteiger partial charge on any atom is -0.494 e. The van der Waals surface area contributed by atoms with Crippen LogP contribution in [0.3, 0.4) is 0 Å². The second-order valence-corrected chi connectivity index (χ2v) is 9.11. The van der Waals surface area contributed by atoms with E-state index in [1.807, 2.05) is 30.3 Å². The highest BCUT2D eigenvalue weighted by molar-refractivity contribution is 7.92. The molecular formula is C23H19N5O3S. The van der Waals surface area contributed by atoms with E-state index in [4.69, 9.17) is 4.74 Å². The Balaban J connectivity index is 1.73. The van der Waals surface area contributed by atoms with Gasteiger partial charge in [-0.1, -0.05) is 12.1 Å². The van der Waals surface area contributed by atoms with Gasteiger partial charge in [-0.3, -0.25) is 14.7 Å². The average molecular weight is 446 g/mol. The van der Waals surface area contributed by atoms with Crippen molar-refractivity contribution in [1.82, 2.24) is 19.9 Å². The van der Waals surface area contributed by atoms with Gasteiger partial charge in [0.05, 0.1) is 37.0 Å². The van der Waals surface area contributed by atoms with E-state index in [0.29, 0.717) is 17.1 Å². The molecule has 0 aliphatic rings. The molecule has 1 aromatic carbocycles. The summed E-state index contributed by atoms with van der Waals surface area (Å²) in [5.41, 5.74) is 5.49. The Morgan fingerprint density at radius 1 is 1.00 bits per heavy atom. The number of pyridine rings is 3. The van der Waals surface area contributed by atoms with Gasteiger partial charge in [0, 0.05) is 40.0 Å². The van der Waals surface area contributed by atoms with Gasteiger partial charge in [-0.25, -0.2) is 13.4 Å². The standard InChI is InChI=1S/C23H19N5O3S/c1-31-20-13-26-23-22(21(20)14-5-7-16(8-6-14)28-32(2,29)30)17-10-18(25-12-19(17)27-23)15-4-3-9-24-11-15/h3-13,28H,1-2H3,(H,26,27). The molecule has 4 heterocycles. The maximum atomic E-state index is 11.5. The average Bonchev–Trinajstić information content (AvgIpc) is 3.16. The van der Waals surface area contributed by atoms with Crippen molar-refractivity contribution in [3.05, 3.63) is 67.3 Å². The number of fused-ring (bicyclic) bond motifs is 3. The molecule has 0 atom stereocenters. The fourth-order valence-electron chi connectivity index (χ4n) is 3.77. The molecule has 9 heteroatoms. The summed E-state index contributed by atoms with van der Waals surface area (Å²) in [6, 6.07) is 13.0. The Morgan fingerprint density at radius 2 is 1.81 bits per heavy atom. The smallest absolute Gasteiger partial charge is 0.229 e. The third kappa shape index (κ3) is 3.63. The number of methoxy groups -OCH3 is 1. The molecule has 4 aromatic heterocycles. The van der Waals surface area contributed by atoms with Crippen molar-refractivity contribution in [2.75, 3.05) is 18.1 Å². The van der Waals surface area contributed by atoms with Gasteiger partial charge in [-0.15, -0.1) is 0 Å². The van der Waals surface area contributed by atoms with Crippen LogP contribution in [0.2, 0.25) is 0 Å². The number of sulfonamides is 1. The van der Waals surface area contributed by atoms with Gasteiger partial charge in [0.2, 0.25) is 10.0 Å². The van der Waals surface area contributed by atoms with E-state index in [9.17, 15) is 8.42 Å². The molecule has 0 aliphatic heterocycles. The lowest BCUT2D eigenvalue weighted by Crippen LogP contribution is -2.09. The molecule has 0 bridgehead atoms. The van der Waals surface area contributed by atoms with Crippen molar-refractivity contribution in [3.8, 4) is 28.1 Å². The lowest BCUT2D eigenvalue weighted by atomic mass is 10.00. The largest absolute Gasteiger partial charge is 0.494 e. The number of aromatic nitrogens is 4. The number of aromatic amines is 1. The number of anilines is 1. The summed E-state index contributed by atoms with van der Waals surface area (Å²) >= 11 is 0. The summed E-state index contributed by atoms with van der Waals surface area (Å²) in [5.74, 6) is 0.613. The van der Waals surface area contributed by atoms with E-state index < -0.39 is 10.0 Å². The molecule has 0 saturated heterocycles. The number of H-pyrrole nitrogens is 1. The first-order chi connectivity index (χ1) is 15.4. The van der Waals surface area contributed by atoms with E-state index in [-0.39, 0.29) is 0 Å². The summed E-state index contributed by atoms with van der Waals surface area (Å²) < 4.78 is 31.2. The molecule has 0 fully saturated rings. The lowest BCUT2D eigenvalue weighted by Gasteiger charge is -2.11. The first-order valence-electron chi connectivity index (χ1n) is 9.76. The summed E-state index contributed by atoms with van der Waals surface area (Å²) in [6.07, 6.45) is 8.08.